The van der Waals surface area contributed by atoms with Crippen LogP contribution in [0.25, 0.3) is 0 Å². The smallest absolute Gasteiger partial charge is 0.264 e. The molecule has 0 aliphatic carbocycles. The van der Waals surface area contributed by atoms with Gasteiger partial charge in [-0.05, 0) is 73.9 Å². The van der Waals surface area contributed by atoms with Crippen molar-refractivity contribution in [2.45, 2.75) is 45.2 Å². The lowest BCUT2D eigenvalue weighted by Crippen LogP contribution is -2.51. The van der Waals surface area contributed by atoms with E-state index in [-0.39, 0.29) is 23.0 Å². The van der Waals surface area contributed by atoms with Gasteiger partial charge >= 0.3 is 0 Å². The first-order chi connectivity index (χ1) is 18.4. The van der Waals surface area contributed by atoms with Crippen LogP contribution in [-0.4, -0.2) is 44.3 Å². The molecule has 0 aromatic heterocycles. The highest BCUT2D eigenvalue weighted by atomic mass is 32.2. The summed E-state index contributed by atoms with van der Waals surface area (Å²) in [5, 5.41) is 2.80. The van der Waals surface area contributed by atoms with E-state index in [0.29, 0.717) is 12.1 Å². The van der Waals surface area contributed by atoms with Gasteiger partial charge in [0.1, 0.15) is 24.2 Å². The maximum Gasteiger partial charge on any atom is 0.264 e. The second-order valence-electron chi connectivity index (χ2n) is 9.76. The number of rotatable bonds is 11. The van der Waals surface area contributed by atoms with Crippen molar-refractivity contribution in [3.05, 3.63) is 95.6 Å². The Morgan fingerprint density at radius 3 is 1.92 bits per heavy atom. The number of carbonyl (C=O) groups is 2. The molecule has 0 radical (unpaired) electrons. The number of halogens is 2. The zero-order valence-corrected chi connectivity index (χ0v) is 23.2. The number of aryl methyl sites for hydroxylation is 1. The van der Waals surface area contributed by atoms with Gasteiger partial charge in [-0.3, -0.25) is 13.9 Å². The fraction of sp³-hybridized carbons (Fsp3) is 0.310. The van der Waals surface area contributed by atoms with Crippen molar-refractivity contribution in [3.63, 3.8) is 0 Å². The molecule has 0 bridgehead atoms. The number of nitrogens with one attached hydrogen (secondary N) is 1. The Kier molecular flexibility index (Phi) is 9.80. The van der Waals surface area contributed by atoms with Crippen LogP contribution in [0, 0.1) is 24.5 Å². The summed E-state index contributed by atoms with van der Waals surface area (Å²) < 4.78 is 55.5. The van der Waals surface area contributed by atoms with Gasteiger partial charge in [-0.15, -0.1) is 0 Å². The number of benzene rings is 3. The molecule has 0 heterocycles. The minimum Gasteiger partial charge on any atom is -0.354 e. The second-order valence-corrected chi connectivity index (χ2v) is 11.6. The van der Waals surface area contributed by atoms with E-state index < -0.39 is 46.1 Å². The Morgan fingerprint density at radius 1 is 0.846 bits per heavy atom. The Bertz CT molecular complexity index is 1380. The molecule has 3 rings (SSSR count). The van der Waals surface area contributed by atoms with Crippen LogP contribution >= 0.6 is 0 Å². The molecule has 0 saturated carbocycles. The Morgan fingerprint density at radius 2 is 1.38 bits per heavy atom. The zero-order valence-electron chi connectivity index (χ0n) is 22.4. The highest BCUT2D eigenvalue weighted by Crippen LogP contribution is 2.25. The molecule has 39 heavy (non-hydrogen) atoms. The van der Waals surface area contributed by atoms with Gasteiger partial charge in [0.25, 0.3) is 10.0 Å². The molecule has 3 aromatic rings. The number of amides is 2. The summed E-state index contributed by atoms with van der Waals surface area (Å²) >= 11 is 0. The molecule has 0 aliphatic rings. The third-order valence-electron chi connectivity index (χ3n) is 6.12. The Labute approximate surface area is 228 Å². The molecule has 1 atom stereocenters. The maximum atomic E-state index is 13.8. The van der Waals surface area contributed by atoms with Crippen molar-refractivity contribution in [3.8, 4) is 0 Å². The SMILES string of the molecule is Cc1ccc(S(=O)(=O)N(CC(=O)N(Cc2ccc(F)cc2)C(C)C(=O)NCC(C)C)c2ccc(F)cc2)cc1. The topological polar surface area (TPSA) is 86.8 Å². The van der Waals surface area contributed by atoms with Crippen molar-refractivity contribution in [2.24, 2.45) is 5.92 Å². The highest BCUT2D eigenvalue weighted by Gasteiger charge is 2.32. The van der Waals surface area contributed by atoms with E-state index in [1.54, 1.807) is 19.1 Å². The second kappa shape index (κ2) is 12.8. The number of nitrogens with zero attached hydrogens (tertiary/aromatic N) is 2. The first-order valence-electron chi connectivity index (χ1n) is 12.5. The largest absolute Gasteiger partial charge is 0.354 e. The van der Waals surface area contributed by atoms with Crippen LogP contribution in [0.15, 0.2) is 77.7 Å². The molecule has 7 nitrogen and oxygen atoms in total. The first kappa shape index (κ1) is 29.8. The monoisotopic (exact) mass is 557 g/mol. The number of hydrogen-bond acceptors (Lipinski definition) is 4. The fourth-order valence-corrected chi connectivity index (χ4v) is 5.21. The van der Waals surface area contributed by atoms with Gasteiger partial charge in [-0.25, -0.2) is 17.2 Å². The summed E-state index contributed by atoms with van der Waals surface area (Å²) in [5.74, 6) is -1.91. The molecule has 1 unspecified atom stereocenters. The molecule has 208 valence electrons. The van der Waals surface area contributed by atoms with Crippen LogP contribution in [-0.2, 0) is 26.2 Å². The average molecular weight is 558 g/mol. The predicted molar refractivity (Wildman–Crippen MR) is 146 cm³/mol. The standard InChI is InChI=1S/C29H33F2N3O4S/c1-20(2)17-32-29(36)22(4)33(18-23-7-9-24(30)10-8-23)28(35)19-34(26-13-11-25(31)12-14-26)39(37,38)27-15-5-21(3)6-16-27/h5-16,20,22H,17-19H2,1-4H3,(H,32,36). The lowest BCUT2D eigenvalue weighted by Gasteiger charge is -2.32. The summed E-state index contributed by atoms with van der Waals surface area (Å²) in [5.41, 5.74) is 1.50. The van der Waals surface area contributed by atoms with Gasteiger partial charge in [0.2, 0.25) is 11.8 Å². The molecule has 10 heteroatoms. The molecule has 0 saturated heterocycles. The van der Waals surface area contributed by atoms with Crippen molar-refractivity contribution in [1.82, 2.24) is 10.2 Å². The van der Waals surface area contributed by atoms with E-state index >= 15 is 0 Å². The van der Waals surface area contributed by atoms with Crippen molar-refractivity contribution in [1.29, 1.82) is 0 Å². The summed E-state index contributed by atoms with van der Waals surface area (Å²) in [4.78, 5) is 27.9. The minimum absolute atomic E-state index is 0.0435. The first-order valence-corrected chi connectivity index (χ1v) is 14.0. The van der Waals surface area contributed by atoms with Crippen LogP contribution in [0.1, 0.15) is 31.9 Å². The molecule has 1 N–H and O–H groups in total. The van der Waals surface area contributed by atoms with Gasteiger partial charge in [0, 0.05) is 13.1 Å². The van der Waals surface area contributed by atoms with Crippen LogP contribution in [0.3, 0.4) is 0 Å². The number of carbonyl (C=O) groups excluding carboxylic acids is 2. The Balaban J connectivity index is 2.00. The molecule has 2 amide bonds. The molecule has 3 aromatic carbocycles. The lowest BCUT2D eigenvalue weighted by atomic mass is 10.1. The maximum absolute atomic E-state index is 13.8. The lowest BCUT2D eigenvalue weighted by molar-refractivity contribution is -0.139. The van der Waals surface area contributed by atoms with E-state index in [1.807, 2.05) is 20.8 Å². The summed E-state index contributed by atoms with van der Waals surface area (Å²) in [6.07, 6.45) is 0. The van der Waals surface area contributed by atoms with Crippen molar-refractivity contribution < 1.29 is 26.8 Å². The third-order valence-corrected chi connectivity index (χ3v) is 7.91. The molecule has 0 aliphatic heterocycles. The van der Waals surface area contributed by atoms with Crippen LogP contribution in [0.5, 0.6) is 0 Å². The number of anilines is 1. The summed E-state index contributed by atoms with van der Waals surface area (Å²) in [7, 11) is -4.24. The molecular formula is C29H33F2N3O4S. The highest BCUT2D eigenvalue weighted by molar-refractivity contribution is 7.92. The van der Waals surface area contributed by atoms with E-state index in [2.05, 4.69) is 5.32 Å². The fourth-order valence-electron chi connectivity index (χ4n) is 3.80. The quantitative estimate of drug-likeness (QED) is 0.372. The van der Waals surface area contributed by atoms with Crippen molar-refractivity contribution in [2.75, 3.05) is 17.4 Å². The summed E-state index contributed by atoms with van der Waals surface area (Å²) in [6, 6.07) is 15.4. The van der Waals surface area contributed by atoms with E-state index in [4.69, 9.17) is 0 Å². The molecule has 0 spiro atoms. The summed E-state index contributed by atoms with van der Waals surface area (Å²) in [6.45, 7) is 6.92. The van der Waals surface area contributed by atoms with Gasteiger partial charge in [-0.1, -0.05) is 43.7 Å². The number of sulfonamides is 1. The average Bonchev–Trinajstić information content (AvgIpc) is 2.90. The van der Waals surface area contributed by atoms with Gasteiger partial charge in [0.15, 0.2) is 0 Å². The zero-order chi connectivity index (χ0) is 28.7. The number of hydrogen-bond donors (Lipinski definition) is 1. The van der Waals surface area contributed by atoms with Crippen LogP contribution < -0.4 is 9.62 Å². The molecule has 0 fully saturated rings. The van der Waals surface area contributed by atoms with Crippen molar-refractivity contribution >= 4 is 27.5 Å². The minimum atomic E-state index is -4.24. The molecular weight excluding hydrogens is 524 g/mol. The van der Waals surface area contributed by atoms with Gasteiger partial charge in [0.05, 0.1) is 10.6 Å². The van der Waals surface area contributed by atoms with Crippen LogP contribution in [0.4, 0.5) is 14.5 Å². The van der Waals surface area contributed by atoms with E-state index in [9.17, 15) is 26.8 Å². The third kappa shape index (κ3) is 7.86. The van der Waals surface area contributed by atoms with Gasteiger partial charge < -0.3 is 10.2 Å². The van der Waals surface area contributed by atoms with Gasteiger partial charge in [-0.2, -0.15) is 0 Å². The normalized spacial score (nSPS) is 12.2. The van der Waals surface area contributed by atoms with Crippen LogP contribution in [0.2, 0.25) is 0 Å². The van der Waals surface area contributed by atoms with E-state index in [0.717, 1.165) is 22.0 Å². The Hall–Kier alpha value is -3.79. The predicted octanol–water partition coefficient (Wildman–Crippen LogP) is 4.66. The van der Waals surface area contributed by atoms with E-state index in [1.165, 1.54) is 53.4 Å².